The molecule has 3 rings (SSSR count). The van der Waals surface area contributed by atoms with E-state index in [0.717, 1.165) is 19.3 Å². The number of aliphatic carboxylic acids is 1. The second-order valence-electron chi connectivity index (χ2n) is 5.65. The smallest absolute Gasteiger partial charge is 0.303 e. The summed E-state index contributed by atoms with van der Waals surface area (Å²) in [5.74, 6) is -0.0273. The monoisotopic (exact) mass is 260 g/mol. The third kappa shape index (κ3) is 2.51. The lowest BCUT2D eigenvalue weighted by Crippen LogP contribution is -2.37. The molecule has 1 aromatic carbocycles. The standard InChI is InChI=1S/C15H20N2O2/c18-13(19)9-11-7-4-8-12-14(11)15(17-16-12)10-5-2-1-3-6-10/h1-3,5-6,11-12,14-17H,4,7-9H2,(H,18,19). The number of carboxylic acids is 1. The van der Waals surface area contributed by atoms with Gasteiger partial charge in [-0.1, -0.05) is 36.8 Å². The maximum atomic E-state index is 11.1. The maximum Gasteiger partial charge on any atom is 0.303 e. The van der Waals surface area contributed by atoms with Crippen LogP contribution >= 0.6 is 0 Å². The van der Waals surface area contributed by atoms with Crippen LogP contribution in [0.3, 0.4) is 0 Å². The molecule has 3 N–H and O–H groups in total. The van der Waals surface area contributed by atoms with Gasteiger partial charge in [-0.3, -0.25) is 10.2 Å². The van der Waals surface area contributed by atoms with Crippen molar-refractivity contribution in [1.29, 1.82) is 0 Å². The fourth-order valence-corrected chi connectivity index (χ4v) is 3.71. The van der Waals surface area contributed by atoms with Gasteiger partial charge in [0.2, 0.25) is 0 Å². The number of benzene rings is 1. The Bertz CT molecular complexity index is 449. The van der Waals surface area contributed by atoms with Crippen molar-refractivity contribution in [2.45, 2.75) is 37.8 Å². The van der Waals surface area contributed by atoms with Crippen molar-refractivity contribution in [3.8, 4) is 0 Å². The summed E-state index contributed by atoms with van der Waals surface area (Å²) in [4.78, 5) is 11.1. The highest BCUT2D eigenvalue weighted by Gasteiger charge is 2.44. The van der Waals surface area contributed by atoms with Gasteiger partial charge < -0.3 is 5.11 Å². The predicted molar refractivity (Wildman–Crippen MR) is 72.3 cm³/mol. The van der Waals surface area contributed by atoms with Gasteiger partial charge in [0.05, 0.1) is 6.04 Å². The second kappa shape index (κ2) is 5.31. The fourth-order valence-electron chi connectivity index (χ4n) is 3.71. The van der Waals surface area contributed by atoms with Crippen molar-refractivity contribution < 1.29 is 9.90 Å². The lowest BCUT2D eigenvalue weighted by molar-refractivity contribution is -0.138. The summed E-state index contributed by atoms with van der Waals surface area (Å²) in [5, 5.41) is 9.10. The minimum Gasteiger partial charge on any atom is -0.481 e. The molecule has 0 radical (unpaired) electrons. The van der Waals surface area contributed by atoms with Crippen LogP contribution < -0.4 is 10.9 Å². The number of hydrazine groups is 1. The van der Waals surface area contributed by atoms with Crippen molar-refractivity contribution in [1.82, 2.24) is 10.9 Å². The molecule has 102 valence electrons. The number of hydrogen-bond donors (Lipinski definition) is 3. The van der Waals surface area contributed by atoms with Gasteiger partial charge in [0, 0.05) is 12.5 Å². The molecule has 2 fully saturated rings. The Morgan fingerprint density at radius 2 is 2.00 bits per heavy atom. The molecule has 4 atom stereocenters. The molecule has 0 amide bonds. The van der Waals surface area contributed by atoms with Gasteiger partial charge in [-0.2, -0.15) is 0 Å². The summed E-state index contributed by atoms with van der Waals surface area (Å²) in [6.07, 6.45) is 3.57. The van der Waals surface area contributed by atoms with E-state index in [2.05, 4.69) is 23.0 Å². The van der Waals surface area contributed by atoms with Crippen LogP contribution in [0.1, 0.15) is 37.3 Å². The molecule has 0 bridgehead atoms. The molecular formula is C15H20N2O2. The Kier molecular flexibility index (Phi) is 3.53. The second-order valence-corrected chi connectivity index (χ2v) is 5.65. The van der Waals surface area contributed by atoms with Crippen LogP contribution in [0.4, 0.5) is 0 Å². The van der Waals surface area contributed by atoms with E-state index in [0.29, 0.717) is 12.0 Å². The van der Waals surface area contributed by atoms with Crippen molar-refractivity contribution in [3.05, 3.63) is 35.9 Å². The topological polar surface area (TPSA) is 61.4 Å². The SMILES string of the molecule is O=C(O)CC1CCCC2NNC(c3ccccc3)C12. The first kappa shape index (κ1) is 12.6. The van der Waals surface area contributed by atoms with Gasteiger partial charge in [-0.05, 0) is 30.2 Å². The molecule has 1 heterocycles. The zero-order valence-electron chi connectivity index (χ0n) is 10.9. The Balaban J connectivity index is 1.84. The number of carboxylic acid groups (broad SMARTS) is 1. The van der Waals surface area contributed by atoms with E-state index in [-0.39, 0.29) is 18.4 Å². The highest BCUT2D eigenvalue weighted by Crippen LogP contribution is 2.42. The molecule has 1 aliphatic heterocycles. The van der Waals surface area contributed by atoms with E-state index in [4.69, 9.17) is 5.11 Å². The Hall–Kier alpha value is -1.39. The molecule has 2 aliphatic rings. The van der Waals surface area contributed by atoms with Crippen LogP contribution in [0, 0.1) is 11.8 Å². The van der Waals surface area contributed by atoms with Crippen LogP contribution in [0.15, 0.2) is 30.3 Å². The number of rotatable bonds is 3. The summed E-state index contributed by atoms with van der Waals surface area (Å²) >= 11 is 0. The van der Waals surface area contributed by atoms with E-state index < -0.39 is 5.97 Å². The third-order valence-corrected chi connectivity index (χ3v) is 4.50. The minimum absolute atomic E-state index is 0.232. The molecule has 1 saturated heterocycles. The summed E-state index contributed by atoms with van der Waals surface area (Å²) in [7, 11) is 0. The van der Waals surface area contributed by atoms with Crippen molar-refractivity contribution in [3.63, 3.8) is 0 Å². The van der Waals surface area contributed by atoms with Gasteiger partial charge in [-0.25, -0.2) is 5.43 Å². The first-order valence-corrected chi connectivity index (χ1v) is 7.03. The molecule has 1 aromatic rings. The van der Waals surface area contributed by atoms with E-state index in [9.17, 15) is 4.79 Å². The van der Waals surface area contributed by atoms with E-state index >= 15 is 0 Å². The molecule has 1 aliphatic carbocycles. The normalized spacial score (nSPS) is 33.9. The molecule has 1 saturated carbocycles. The lowest BCUT2D eigenvalue weighted by atomic mass is 9.71. The van der Waals surface area contributed by atoms with Gasteiger partial charge in [0.15, 0.2) is 0 Å². The molecule has 19 heavy (non-hydrogen) atoms. The largest absolute Gasteiger partial charge is 0.481 e. The van der Waals surface area contributed by atoms with Crippen LogP contribution in [0.5, 0.6) is 0 Å². The van der Waals surface area contributed by atoms with Gasteiger partial charge >= 0.3 is 5.97 Å². The number of hydrogen-bond acceptors (Lipinski definition) is 3. The number of nitrogens with one attached hydrogen (secondary N) is 2. The highest BCUT2D eigenvalue weighted by molar-refractivity contribution is 5.67. The third-order valence-electron chi connectivity index (χ3n) is 4.50. The fraction of sp³-hybridized carbons (Fsp3) is 0.533. The van der Waals surface area contributed by atoms with Crippen LogP contribution in [0.2, 0.25) is 0 Å². The predicted octanol–water partition coefficient (Wildman–Crippen LogP) is 2.10. The van der Waals surface area contributed by atoms with E-state index in [1.165, 1.54) is 5.56 Å². The van der Waals surface area contributed by atoms with Crippen LogP contribution in [0.25, 0.3) is 0 Å². The van der Waals surface area contributed by atoms with E-state index in [1.54, 1.807) is 0 Å². The lowest BCUT2D eigenvalue weighted by Gasteiger charge is -2.35. The maximum absolute atomic E-state index is 11.1. The Labute approximate surface area is 113 Å². The molecule has 0 spiro atoms. The van der Waals surface area contributed by atoms with Gasteiger partial charge in [0.25, 0.3) is 0 Å². The quantitative estimate of drug-likeness (QED) is 0.779. The average Bonchev–Trinajstić information content (AvgIpc) is 2.84. The summed E-state index contributed by atoms with van der Waals surface area (Å²) in [5.41, 5.74) is 7.99. The van der Waals surface area contributed by atoms with E-state index in [1.807, 2.05) is 18.2 Å². The molecule has 4 nitrogen and oxygen atoms in total. The Morgan fingerprint density at radius 3 is 2.74 bits per heavy atom. The van der Waals surface area contributed by atoms with Gasteiger partial charge in [0.1, 0.15) is 0 Å². The van der Waals surface area contributed by atoms with Gasteiger partial charge in [-0.15, -0.1) is 0 Å². The first-order valence-electron chi connectivity index (χ1n) is 7.03. The molecule has 0 aromatic heterocycles. The summed E-state index contributed by atoms with van der Waals surface area (Å²) < 4.78 is 0. The van der Waals surface area contributed by atoms with Crippen molar-refractivity contribution in [2.75, 3.05) is 0 Å². The van der Waals surface area contributed by atoms with Crippen LogP contribution in [-0.4, -0.2) is 17.1 Å². The van der Waals surface area contributed by atoms with Crippen LogP contribution in [-0.2, 0) is 4.79 Å². The first-order chi connectivity index (χ1) is 9.25. The zero-order chi connectivity index (χ0) is 13.2. The van der Waals surface area contributed by atoms with Crippen molar-refractivity contribution >= 4 is 5.97 Å². The number of carbonyl (C=O) groups is 1. The highest BCUT2D eigenvalue weighted by atomic mass is 16.4. The van der Waals surface area contributed by atoms with Crippen molar-refractivity contribution in [2.24, 2.45) is 11.8 Å². The average molecular weight is 260 g/mol. The summed E-state index contributed by atoms with van der Waals surface area (Å²) in [6, 6.07) is 11.0. The molecular weight excluding hydrogens is 240 g/mol. The zero-order valence-corrected chi connectivity index (χ0v) is 10.9. The molecule has 4 heteroatoms. The summed E-state index contributed by atoms with van der Waals surface area (Å²) in [6.45, 7) is 0. The number of fused-ring (bicyclic) bond motifs is 1. The minimum atomic E-state index is -0.677. The molecule has 4 unspecified atom stereocenters. The Morgan fingerprint density at radius 1 is 1.21 bits per heavy atom.